The number of nitrogens with one attached hydrogen (secondary N) is 1. The van der Waals surface area contributed by atoms with E-state index in [9.17, 15) is 0 Å². The van der Waals surface area contributed by atoms with Crippen molar-refractivity contribution < 1.29 is 0 Å². The van der Waals surface area contributed by atoms with E-state index in [1.54, 1.807) is 0 Å². The maximum Gasteiger partial charge on any atom is 0.153 e. The van der Waals surface area contributed by atoms with Gasteiger partial charge in [-0.15, -0.1) is 0 Å². The summed E-state index contributed by atoms with van der Waals surface area (Å²) >= 11 is 0. The van der Waals surface area contributed by atoms with Gasteiger partial charge >= 0.3 is 0 Å². The second-order valence-corrected chi connectivity index (χ2v) is 5.16. The lowest BCUT2D eigenvalue weighted by atomic mass is 10.0. The van der Waals surface area contributed by atoms with Gasteiger partial charge in [0, 0.05) is 11.8 Å². The summed E-state index contributed by atoms with van der Waals surface area (Å²) in [4.78, 5) is 4.58. The van der Waals surface area contributed by atoms with Crippen LogP contribution in [0.3, 0.4) is 0 Å². The lowest BCUT2D eigenvalue weighted by Gasteiger charge is -2.06. The molecule has 0 bridgehead atoms. The number of hydrogen-bond donors (Lipinski definition) is 1. The van der Waals surface area contributed by atoms with Gasteiger partial charge in [-0.25, -0.2) is 4.98 Å². The van der Waals surface area contributed by atoms with Crippen LogP contribution in [0.5, 0.6) is 0 Å². The molecule has 1 N–H and O–H groups in total. The molecule has 2 fully saturated rings. The fraction of sp³-hybridized carbons (Fsp3) is 0.818. The molecule has 1 aromatic heterocycles. The van der Waals surface area contributed by atoms with Crippen molar-refractivity contribution >= 4 is 0 Å². The molecule has 0 aromatic carbocycles. The van der Waals surface area contributed by atoms with E-state index in [0.29, 0.717) is 11.8 Å². The molecule has 1 aromatic rings. The smallest absolute Gasteiger partial charge is 0.153 e. The van der Waals surface area contributed by atoms with E-state index in [1.807, 2.05) is 0 Å². The highest BCUT2D eigenvalue weighted by Gasteiger charge is 2.47. The molecule has 3 heteroatoms. The highest BCUT2D eigenvalue weighted by molar-refractivity contribution is 5.09. The van der Waals surface area contributed by atoms with Crippen molar-refractivity contribution in [3.05, 3.63) is 11.6 Å². The standard InChI is InChI=1S/C11H17N3/c1-6(2)10-12-11(14-13-10)9-4-7-3-8(7)5-9/h6-9H,3-5H2,1-2H3,(H,12,13,14). The van der Waals surface area contributed by atoms with E-state index in [4.69, 9.17) is 0 Å². The van der Waals surface area contributed by atoms with E-state index in [2.05, 4.69) is 29.0 Å². The van der Waals surface area contributed by atoms with Gasteiger partial charge in [-0.05, 0) is 31.1 Å². The average Bonchev–Trinajstić information content (AvgIpc) is 2.69. The highest BCUT2D eigenvalue weighted by Crippen LogP contribution is 2.56. The third-order valence-corrected chi connectivity index (χ3v) is 3.67. The first kappa shape index (κ1) is 8.45. The van der Waals surface area contributed by atoms with Gasteiger partial charge in [0.05, 0.1) is 0 Å². The molecule has 0 saturated heterocycles. The molecule has 1 heterocycles. The minimum absolute atomic E-state index is 0.441. The Morgan fingerprint density at radius 3 is 2.50 bits per heavy atom. The predicted octanol–water partition coefficient (Wildman–Crippen LogP) is 2.44. The molecule has 0 spiro atoms. The normalized spacial score (nSPS) is 34.9. The van der Waals surface area contributed by atoms with Gasteiger partial charge in [0.1, 0.15) is 5.82 Å². The fourth-order valence-corrected chi connectivity index (χ4v) is 2.67. The molecule has 0 aliphatic heterocycles. The fourth-order valence-electron chi connectivity index (χ4n) is 2.67. The van der Waals surface area contributed by atoms with Crippen LogP contribution in [0.4, 0.5) is 0 Å². The van der Waals surface area contributed by atoms with Gasteiger partial charge in [0.2, 0.25) is 0 Å². The molecular formula is C11H17N3. The Hall–Kier alpha value is -0.860. The second kappa shape index (κ2) is 2.81. The van der Waals surface area contributed by atoms with Crippen LogP contribution in [0.15, 0.2) is 0 Å². The number of H-pyrrole nitrogens is 1. The van der Waals surface area contributed by atoms with Crippen molar-refractivity contribution in [2.24, 2.45) is 11.8 Å². The lowest BCUT2D eigenvalue weighted by Crippen LogP contribution is -1.98. The SMILES string of the molecule is CC(C)c1n[nH]c(C2CC3CC3C2)n1. The molecule has 3 rings (SSSR count). The van der Waals surface area contributed by atoms with Crippen LogP contribution in [0.1, 0.15) is 56.6 Å². The van der Waals surface area contributed by atoms with Gasteiger partial charge in [0.15, 0.2) is 5.82 Å². The molecule has 14 heavy (non-hydrogen) atoms. The zero-order valence-electron chi connectivity index (χ0n) is 8.83. The number of aromatic nitrogens is 3. The minimum Gasteiger partial charge on any atom is -0.263 e. The average molecular weight is 191 g/mol. The van der Waals surface area contributed by atoms with Crippen molar-refractivity contribution in [2.45, 2.75) is 44.9 Å². The largest absolute Gasteiger partial charge is 0.263 e. The maximum atomic E-state index is 4.58. The molecule has 2 aliphatic carbocycles. The van der Waals surface area contributed by atoms with E-state index in [-0.39, 0.29) is 0 Å². The van der Waals surface area contributed by atoms with Gasteiger partial charge in [-0.2, -0.15) is 5.10 Å². The van der Waals surface area contributed by atoms with E-state index < -0.39 is 0 Å². The van der Waals surface area contributed by atoms with Crippen LogP contribution < -0.4 is 0 Å². The Morgan fingerprint density at radius 2 is 1.93 bits per heavy atom. The zero-order chi connectivity index (χ0) is 9.71. The Morgan fingerprint density at radius 1 is 1.21 bits per heavy atom. The molecule has 3 nitrogen and oxygen atoms in total. The number of nitrogens with zero attached hydrogens (tertiary/aromatic N) is 2. The summed E-state index contributed by atoms with van der Waals surface area (Å²) in [5.41, 5.74) is 0. The summed E-state index contributed by atoms with van der Waals surface area (Å²) in [7, 11) is 0. The topological polar surface area (TPSA) is 41.6 Å². The minimum atomic E-state index is 0.441. The van der Waals surface area contributed by atoms with E-state index >= 15 is 0 Å². The number of aromatic amines is 1. The summed E-state index contributed by atoms with van der Waals surface area (Å²) < 4.78 is 0. The summed E-state index contributed by atoms with van der Waals surface area (Å²) in [6.07, 6.45) is 4.16. The van der Waals surface area contributed by atoms with Crippen molar-refractivity contribution in [3.63, 3.8) is 0 Å². The summed E-state index contributed by atoms with van der Waals surface area (Å²) in [5.74, 6) is 5.27. The predicted molar refractivity (Wildman–Crippen MR) is 54.0 cm³/mol. The monoisotopic (exact) mass is 191 g/mol. The number of fused-ring (bicyclic) bond motifs is 1. The van der Waals surface area contributed by atoms with Gasteiger partial charge in [0.25, 0.3) is 0 Å². The number of hydrogen-bond acceptors (Lipinski definition) is 2. The Bertz CT molecular complexity index is 332. The van der Waals surface area contributed by atoms with Gasteiger partial charge in [-0.1, -0.05) is 13.8 Å². The molecule has 2 atom stereocenters. The van der Waals surface area contributed by atoms with Crippen molar-refractivity contribution in [1.82, 2.24) is 15.2 Å². The van der Waals surface area contributed by atoms with E-state index in [0.717, 1.165) is 23.5 Å². The van der Waals surface area contributed by atoms with Crippen molar-refractivity contribution in [2.75, 3.05) is 0 Å². The first-order valence-corrected chi connectivity index (χ1v) is 5.66. The summed E-state index contributed by atoms with van der Waals surface area (Å²) in [6.45, 7) is 4.28. The van der Waals surface area contributed by atoms with Crippen molar-refractivity contribution in [3.8, 4) is 0 Å². The van der Waals surface area contributed by atoms with Crippen LogP contribution in [0.25, 0.3) is 0 Å². The first-order valence-electron chi connectivity index (χ1n) is 5.66. The Kier molecular flexibility index (Phi) is 1.70. The second-order valence-electron chi connectivity index (χ2n) is 5.16. The quantitative estimate of drug-likeness (QED) is 0.780. The molecule has 0 radical (unpaired) electrons. The van der Waals surface area contributed by atoms with Crippen LogP contribution in [0.2, 0.25) is 0 Å². The molecule has 2 saturated carbocycles. The summed E-state index contributed by atoms with van der Waals surface area (Å²) in [5, 5.41) is 7.37. The third-order valence-electron chi connectivity index (χ3n) is 3.67. The summed E-state index contributed by atoms with van der Waals surface area (Å²) in [6, 6.07) is 0. The Labute approximate surface area is 84.3 Å². The van der Waals surface area contributed by atoms with Crippen LogP contribution >= 0.6 is 0 Å². The van der Waals surface area contributed by atoms with Crippen LogP contribution in [0, 0.1) is 11.8 Å². The zero-order valence-corrected chi connectivity index (χ0v) is 8.83. The Balaban J connectivity index is 1.76. The number of rotatable bonds is 2. The van der Waals surface area contributed by atoms with Crippen molar-refractivity contribution in [1.29, 1.82) is 0 Å². The van der Waals surface area contributed by atoms with Crippen LogP contribution in [-0.2, 0) is 0 Å². The first-order chi connectivity index (χ1) is 6.74. The van der Waals surface area contributed by atoms with E-state index in [1.165, 1.54) is 19.3 Å². The molecule has 2 unspecified atom stereocenters. The highest BCUT2D eigenvalue weighted by atomic mass is 15.2. The van der Waals surface area contributed by atoms with Gasteiger partial charge < -0.3 is 0 Å². The molecule has 2 aliphatic rings. The van der Waals surface area contributed by atoms with Gasteiger partial charge in [-0.3, -0.25) is 5.10 Å². The molecular weight excluding hydrogens is 174 g/mol. The van der Waals surface area contributed by atoms with Crippen LogP contribution in [-0.4, -0.2) is 15.2 Å². The lowest BCUT2D eigenvalue weighted by molar-refractivity contribution is 0.591. The molecule has 0 amide bonds. The third kappa shape index (κ3) is 1.26. The molecule has 76 valence electrons. The maximum absolute atomic E-state index is 4.58.